The topological polar surface area (TPSA) is 316 Å². The van der Waals surface area contributed by atoms with E-state index in [9.17, 15) is 23.9 Å². The molecular weight excluding hydrogens is 643 g/mol. The largest absolute Gasteiger partial charge is 0.780 e. The molecule has 20 nitrogen and oxygen atoms in total. The van der Waals surface area contributed by atoms with E-state index in [1.807, 2.05) is 4.98 Å². The van der Waals surface area contributed by atoms with Crippen LogP contribution in [0.4, 0.5) is 10.2 Å². The molecule has 3 saturated heterocycles. The summed E-state index contributed by atoms with van der Waals surface area (Å²) < 4.78 is 62.7. The molecule has 43 heavy (non-hydrogen) atoms. The minimum atomic E-state index is -5.10. The predicted molar refractivity (Wildman–Crippen MR) is 144 cm³/mol. The maximum Gasteiger partial charge on any atom is 0.330 e. The first kappa shape index (κ1) is 33.3. The number of nitrogens with zero attached hydrogens (tertiary/aromatic N) is 5. The van der Waals surface area contributed by atoms with Crippen LogP contribution in [0.15, 0.2) is 34.5 Å². The molecule has 0 aliphatic carbocycles. The minimum Gasteiger partial charge on any atom is -0.780 e. The van der Waals surface area contributed by atoms with E-state index in [2.05, 4.69) is 15.0 Å². The summed E-state index contributed by atoms with van der Waals surface area (Å²) in [6.07, 6.45) is -7.03. The Morgan fingerprint density at radius 3 is 2.53 bits per heavy atom. The Morgan fingerprint density at radius 1 is 1.05 bits per heavy atom. The van der Waals surface area contributed by atoms with Crippen LogP contribution in [0, 0.1) is 0 Å². The smallest absolute Gasteiger partial charge is 0.330 e. The summed E-state index contributed by atoms with van der Waals surface area (Å²) in [6, 6.07) is 0.945. The second kappa shape index (κ2) is 12.4. The van der Waals surface area contributed by atoms with Crippen LogP contribution in [-0.2, 0) is 43.9 Å². The Bertz CT molecular complexity index is 1690. The fourth-order valence-electron chi connectivity index (χ4n) is 4.72. The van der Waals surface area contributed by atoms with Crippen molar-refractivity contribution in [1.82, 2.24) is 41.4 Å². The van der Waals surface area contributed by atoms with Gasteiger partial charge in [0.1, 0.15) is 43.1 Å². The standard InChI is InChI=1S/C19H22FN7O11P2S.2H3N/c20-13-15-10(36-18(13)26-2-1-11(28)25-19(26)29)5-33-39(30,31)37-8-3-12(35-9(8)4-34-40(32,41)38-15)27-7-24-14-16(21)22-6-23-17(14)27;;/h1-2,6-10,12-13,15,18H,3-5H2,(H,30,31)(H,32,41)(H2,21,22,23)(H,25,28,29);2*1H3/t8-,9+,10+,12+,13+,15+,18+,40?;;/m0../s1. The van der Waals surface area contributed by atoms with Crippen LogP contribution in [0.2, 0.25) is 0 Å². The number of nitrogens with one attached hydrogen (secondary N) is 1. The molecule has 11 N–H and O–H groups in total. The first-order valence-electron chi connectivity index (χ1n) is 11.9. The van der Waals surface area contributed by atoms with Gasteiger partial charge < -0.3 is 55.4 Å². The Hall–Kier alpha value is -2.56. The molecule has 0 amide bonds. The fourth-order valence-corrected chi connectivity index (χ4v) is 7.09. The quantitative estimate of drug-likeness (QED) is 0.240. The molecule has 3 aromatic heterocycles. The predicted octanol–water partition coefficient (Wildman–Crippen LogP) is -0.895. The van der Waals surface area contributed by atoms with E-state index in [1.165, 1.54) is 17.2 Å². The number of halogens is 1. The van der Waals surface area contributed by atoms with E-state index >= 15 is 4.39 Å². The van der Waals surface area contributed by atoms with Gasteiger partial charge in [-0.15, -0.1) is 0 Å². The van der Waals surface area contributed by atoms with Crippen LogP contribution in [0.1, 0.15) is 18.9 Å². The molecule has 2 unspecified atom stereocenters. The number of ether oxygens (including phenoxy) is 2. The Kier molecular flexibility index (Phi) is 9.65. The highest BCUT2D eigenvalue weighted by Crippen LogP contribution is 2.51. The van der Waals surface area contributed by atoms with E-state index in [1.54, 1.807) is 0 Å². The van der Waals surface area contributed by atoms with Gasteiger partial charge in [-0.2, -0.15) is 0 Å². The Morgan fingerprint density at radius 2 is 1.79 bits per heavy atom. The van der Waals surface area contributed by atoms with Crippen molar-refractivity contribution >= 4 is 43.3 Å². The van der Waals surface area contributed by atoms with E-state index in [4.69, 9.17) is 45.1 Å². The summed E-state index contributed by atoms with van der Waals surface area (Å²) in [5.74, 6) is 0.117. The van der Waals surface area contributed by atoms with Gasteiger partial charge in [0.2, 0.25) is 0 Å². The molecule has 0 bridgehead atoms. The summed E-state index contributed by atoms with van der Waals surface area (Å²) in [7, 11) is -5.10. The second-order valence-corrected chi connectivity index (χ2v) is 13.2. The average molecular weight is 671 g/mol. The number of nitrogens with two attached hydrogens (primary N) is 1. The molecule has 3 aromatic rings. The lowest BCUT2D eigenvalue weighted by Crippen LogP contribution is -2.38. The molecule has 3 aliphatic rings. The zero-order valence-corrected chi connectivity index (χ0v) is 25.1. The fraction of sp³-hybridized carbons (Fsp3) is 0.526. The van der Waals surface area contributed by atoms with E-state index in [0.717, 1.165) is 12.3 Å². The number of rotatable bonds is 2. The van der Waals surface area contributed by atoms with Gasteiger partial charge >= 0.3 is 5.69 Å². The number of quaternary nitrogens is 2. The van der Waals surface area contributed by atoms with Gasteiger partial charge in [0.25, 0.3) is 13.4 Å². The summed E-state index contributed by atoms with van der Waals surface area (Å²) in [5, 5.41) is 0. The lowest BCUT2D eigenvalue weighted by Gasteiger charge is -2.36. The summed E-state index contributed by atoms with van der Waals surface area (Å²) in [5.41, 5.74) is 4.66. The van der Waals surface area contributed by atoms with E-state index in [0.29, 0.717) is 10.2 Å². The molecule has 9 atom stereocenters. The highest BCUT2D eigenvalue weighted by atomic mass is 32.5. The van der Waals surface area contributed by atoms with Gasteiger partial charge in [-0.25, -0.2) is 24.1 Å². The number of phosphoric ester groups is 1. The van der Waals surface area contributed by atoms with Crippen molar-refractivity contribution in [1.29, 1.82) is 0 Å². The molecule has 6 rings (SSSR count). The van der Waals surface area contributed by atoms with Crippen molar-refractivity contribution in [3.63, 3.8) is 0 Å². The first-order valence-corrected chi connectivity index (χ1v) is 15.9. The van der Waals surface area contributed by atoms with Crippen LogP contribution in [0.3, 0.4) is 0 Å². The number of alkyl halides is 1. The van der Waals surface area contributed by atoms with Gasteiger partial charge in [-0.05, 0) is 0 Å². The molecule has 3 fully saturated rings. The SMILES string of the molecule is Nc1ncnc2c1ncn2[C@H]1C[C@@H]2OP(=O)([O-])OC[C@H]3O[C@@H](n4ccc(=O)[nH]c4=O)[C@H](F)[C@@H]3OP([O-])(=S)OC[C@H]2O1.[NH4+].[NH4+]. The molecule has 0 saturated carbocycles. The number of hydrogen-bond donors (Lipinski definition) is 4. The number of aromatic nitrogens is 6. The average Bonchev–Trinajstić information content (AvgIpc) is 3.58. The van der Waals surface area contributed by atoms with Crippen LogP contribution in [0.5, 0.6) is 0 Å². The highest BCUT2D eigenvalue weighted by molar-refractivity contribution is 8.06. The lowest BCUT2D eigenvalue weighted by atomic mass is 10.1. The lowest BCUT2D eigenvalue weighted by molar-refractivity contribution is -0.237. The maximum absolute atomic E-state index is 15.5. The van der Waals surface area contributed by atoms with Crippen molar-refractivity contribution in [3.05, 3.63) is 45.8 Å². The van der Waals surface area contributed by atoms with Gasteiger partial charge in [-0.1, -0.05) is 11.8 Å². The van der Waals surface area contributed by atoms with Crippen molar-refractivity contribution in [2.45, 2.75) is 49.5 Å². The van der Waals surface area contributed by atoms with Crippen molar-refractivity contribution in [3.8, 4) is 0 Å². The monoisotopic (exact) mass is 671 g/mol. The number of anilines is 1. The number of phosphoric acid groups is 1. The van der Waals surface area contributed by atoms with Gasteiger partial charge in [0.15, 0.2) is 23.9 Å². The minimum absolute atomic E-state index is 0. The summed E-state index contributed by atoms with van der Waals surface area (Å²) in [6.45, 7) is -5.91. The summed E-state index contributed by atoms with van der Waals surface area (Å²) in [4.78, 5) is 63.6. The Labute approximate surface area is 245 Å². The van der Waals surface area contributed by atoms with Crippen LogP contribution in [-0.4, -0.2) is 72.9 Å². The van der Waals surface area contributed by atoms with Crippen molar-refractivity contribution in [2.24, 2.45) is 0 Å². The highest BCUT2D eigenvalue weighted by Gasteiger charge is 2.50. The number of hydrogen-bond acceptors (Lipinski definition) is 16. The van der Waals surface area contributed by atoms with Crippen LogP contribution < -0.4 is 39.1 Å². The third kappa shape index (κ3) is 6.61. The third-order valence-electron chi connectivity index (χ3n) is 6.58. The van der Waals surface area contributed by atoms with E-state index in [-0.39, 0.29) is 30.1 Å². The van der Waals surface area contributed by atoms with Crippen molar-refractivity contribution < 1.29 is 46.3 Å². The Balaban J connectivity index is 0.00000212. The molecule has 3 aliphatic heterocycles. The number of nitrogen functional groups attached to an aromatic ring is 1. The number of imidazole rings is 1. The number of aromatic amines is 1. The van der Waals surface area contributed by atoms with Crippen molar-refractivity contribution in [2.75, 3.05) is 18.9 Å². The zero-order valence-electron chi connectivity index (χ0n) is 22.5. The molecule has 238 valence electrons. The maximum atomic E-state index is 15.5. The van der Waals surface area contributed by atoms with Gasteiger partial charge in [0.05, 0.1) is 25.6 Å². The van der Waals surface area contributed by atoms with Crippen LogP contribution >= 0.6 is 14.5 Å². The van der Waals surface area contributed by atoms with Gasteiger partial charge in [-0.3, -0.25) is 23.5 Å². The third-order valence-corrected chi connectivity index (χ3v) is 9.11. The van der Waals surface area contributed by atoms with Crippen LogP contribution in [0.25, 0.3) is 11.2 Å². The summed E-state index contributed by atoms with van der Waals surface area (Å²) >= 11 is 4.96. The molecular formula is C19H28FN9O11P2S. The first-order chi connectivity index (χ1) is 19.4. The zero-order chi connectivity index (χ0) is 29.1. The second-order valence-electron chi connectivity index (χ2n) is 9.17. The van der Waals surface area contributed by atoms with Gasteiger partial charge in [0, 0.05) is 18.7 Å². The number of fused-ring (bicyclic) bond motifs is 3. The molecule has 0 spiro atoms. The molecule has 0 aromatic carbocycles. The normalized spacial score (nSPS) is 36.4. The van der Waals surface area contributed by atoms with E-state index < -0.39 is 82.0 Å². The number of H-pyrrole nitrogens is 1. The molecule has 6 heterocycles. The molecule has 24 heteroatoms. The molecule has 0 radical (unpaired) electrons.